The van der Waals surface area contributed by atoms with E-state index in [9.17, 15) is 0 Å². The van der Waals surface area contributed by atoms with Gasteiger partial charge in [0.05, 0.1) is 5.69 Å². The number of hydrogen-bond donors (Lipinski definition) is 0. The molecule has 0 N–H and O–H groups in total. The average molecular weight is 1070 g/mol. The minimum atomic E-state index is 0.160. The van der Waals surface area contributed by atoms with Crippen molar-refractivity contribution in [3.8, 4) is 100 Å². The van der Waals surface area contributed by atoms with Crippen LogP contribution in [0.15, 0.2) is 261 Å². The smallest absolute Gasteiger partial charge is 0.137 e. The Balaban J connectivity index is 0.762. The molecular formula is C80H52N4. The number of imidazole rings is 2. The summed E-state index contributed by atoms with van der Waals surface area (Å²) < 4.78 is 4.36. The third kappa shape index (κ3) is 6.71. The van der Waals surface area contributed by atoms with Crippen LogP contribution in [0.3, 0.4) is 0 Å². The number of allylic oxidation sites excluding steroid dienone is 4. The van der Waals surface area contributed by atoms with E-state index in [2.05, 4.69) is 277 Å². The molecule has 15 aromatic rings. The molecular weight excluding hydrogens is 1020 g/mol. The normalized spacial score (nSPS) is 13.9. The first kappa shape index (κ1) is 47.0. The summed E-state index contributed by atoms with van der Waals surface area (Å²) in [5.74, 6) is 0.160. The molecule has 0 amide bonds. The summed E-state index contributed by atoms with van der Waals surface area (Å²) in [5.41, 5.74) is 30.9. The van der Waals surface area contributed by atoms with Gasteiger partial charge in [0.15, 0.2) is 0 Å². The van der Waals surface area contributed by atoms with Crippen molar-refractivity contribution in [2.75, 3.05) is 0 Å². The molecule has 0 saturated carbocycles. The van der Waals surface area contributed by atoms with Gasteiger partial charge in [0.1, 0.15) is 11.3 Å². The molecule has 11 aromatic carbocycles. The lowest BCUT2D eigenvalue weighted by Gasteiger charge is -2.25. The first-order valence-corrected chi connectivity index (χ1v) is 29.3. The Labute approximate surface area is 486 Å². The van der Waals surface area contributed by atoms with E-state index >= 15 is 0 Å². The number of aromatic nitrogens is 4. The molecule has 3 aliphatic carbocycles. The van der Waals surface area contributed by atoms with E-state index in [4.69, 9.17) is 4.98 Å². The van der Waals surface area contributed by atoms with Crippen LogP contribution in [-0.4, -0.2) is 18.8 Å². The number of fused-ring (bicyclic) bond motifs is 10. The summed E-state index contributed by atoms with van der Waals surface area (Å²) >= 11 is 0. The lowest BCUT2D eigenvalue weighted by molar-refractivity contribution is 0.867. The Kier molecular flexibility index (Phi) is 10.0. The molecule has 0 bridgehead atoms. The first-order chi connectivity index (χ1) is 41.5. The number of pyridine rings is 2. The van der Waals surface area contributed by atoms with E-state index < -0.39 is 0 Å². The largest absolute Gasteiger partial charge is 0.306 e. The number of benzene rings is 11. The highest BCUT2D eigenvalue weighted by Crippen LogP contribution is 2.61. The SMILES string of the molecule is Cc1nc2ccc(-c3ccc4c5c(cccc35)-c3c-4c(-c4ccccc4)c4ccccc4c3-c3ccc(C4=CCC(c5c6c(c(-c7ccccc7)c7ccccc57)-c5cccc7c(-c8ccc9nccn9c8)ccc-6c57)C=C4)cc3)cn2c1C. The minimum absolute atomic E-state index is 0.160. The van der Waals surface area contributed by atoms with Gasteiger partial charge in [-0.3, -0.25) is 0 Å². The Bertz CT molecular complexity index is 5400. The zero-order valence-electron chi connectivity index (χ0n) is 46.4. The molecule has 18 rings (SSSR count). The van der Waals surface area contributed by atoms with Crippen LogP contribution in [0.1, 0.15) is 34.9 Å². The molecule has 0 aliphatic heterocycles. The quantitative estimate of drug-likeness (QED) is 0.159. The molecule has 4 aromatic heterocycles. The molecule has 0 spiro atoms. The van der Waals surface area contributed by atoms with Gasteiger partial charge < -0.3 is 8.80 Å². The minimum Gasteiger partial charge on any atom is -0.306 e. The summed E-state index contributed by atoms with van der Waals surface area (Å²) in [6.45, 7) is 4.25. The Morgan fingerprint density at radius 3 is 1.46 bits per heavy atom. The van der Waals surface area contributed by atoms with Crippen molar-refractivity contribution in [3.05, 3.63) is 284 Å². The van der Waals surface area contributed by atoms with E-state index in [-0.39, 0.29) is 5.92 Å². The van der Waals surface area contributed by atoms with E-state index in [1.54, 1.807) is 0 Å². The number of nitrogens with zero attached hydrogens (tertiary/aromatic N) is 4. The molecule has 1 unspecified atom stereocenters. The van der Waals surface area contributed by atoms with Gasteiger partial charge in [0.25, 0.3) is 0 Å². The average Bonchev–Trinajstić information content (AvgIpc) is 1.65. The lowest BCUT2D eigenvalue weighted by atomic mass is 9.78. The Morgan fingerprint density at radius 2 is 0.857 bits per heavy atom. The zero-order chi connectivity index (χ0) is 55.3. The van der Waals surface area contributed by atoms with Gasteiger partial charge >= 0.3 is 0 Å². The second-order valence-electron chi connectivity index (χ2n) is 23.1. The summed E-state index contributed by atoms with van der Waals surface area (Å²) in [5, 5.41) is 10.3. The van der Waals surface area contributed by atoms with Crippen LogP contribution in [0.5, 0.6) is 0 Å². The van der Waals surface area contributed by atoms with Gasteiger partial charge in [-0.2, -0.15) is 0 Å². The molecule has 4 heterocycles. The highest BCUT2D eigenvalue weighted by molar-refractivity contribution is 6.29. The van der Waals surface area contributed by atoms with E-state index in [0.29, 0.717) is 0 Å². The number of hydrogen-bond acceptors (Lipinski definition) is 2. The van der Waals surface area contributed by atoms with Crippen molar-refractivity contribution in [2.24, 2.45) is 0 Å². The summed E-state index contributed by atoms with van der Waals surface area (Å²) in [4.78, 5) is 9.38. The molecule has 3 aliphatic rings. The molecule has 84 heavy (non-hydrogen) atoms. The summed E-state index contributed by atoms with van der Waals surface area (Å²) in [6, 6.07) is 81.9. The molecule has 4 nitrogen and oxygen atoms in total. The van der Waals surface area contributed by atoms with Crippen molar-refractivity contribution >= 4 is 60.0 Å². The molecule has 1 atom stereocenters. The molecule has 0 saturated heterocycles. The monoisotopic (exact) mass is 1070 g/mol. The maximum atomic E-state index is 4.83. The standard InChI is InChI=1S/C80H52N4/c1-47-48(2)84-46-56(36-42-70(84)82-47)58-38-40-67-76-60(58)24-14-26-66(76)78-73(63-21-11-10-20-62(63)72(79(67)78)52-17-7-4-8-18-52)53-31-27-49(28-32-53)50-29-33-54(34-30-50)74-64-22-12-9-19-61(64)71(51-15-5-3-6-16-51)77-65-25-13-23-59-57(37-39-68(75(59)65)80(74)77)55-35-41-69-81-43-44-83(69)45-55/h3-33,35-46,54H,34H2,1-2H3. The highest BCUT2D eigenvalue weighted by Gasteiger charge is 2.34. The second-order valence-corrected chi connectivity index (χ2v) is 23.1. The predicted molar refractivity (Wildman–Crippen MR) is 350 cm³/mol. The summed E-state index contributed by atoms with van der Waals surface area (Å²) in [7, 11) is 0. The van der Waals surface area contributed by atoms with Crippen molar-refractivity contribution < 1.29 is 0 Å². The lowest BCUT2D eigenvalue weighted by Crippen LogP contribution is -2.04. The van der Waals surface area contributed by atoms with Crippen LogP contribution >= 0.6 is 0 Å². The van der Waals surface area contributed by atoms with Crippen molar-refractivity contribution in [2.45, 2.75) is 26.2 Å². The van der Waals surface area contributed by atoms with Gasteiger partial charge in [-0.05, 0) is 204 Å². The maximum absolute atomic E-state index is 4.83. The van der Waals surface area contributed by atoms with E-state index in [1.807, 2.05) is 12.4 Å². The Hall–Kier alpha value is -10.7. The molecule has 4 heteroatoms. The number of rotatable bonds is 7. The van der Waals surface area contributed by atoms with Crippen molar-refractivity contribution in [3.63, 3.8) is 0 Å². The van der Waals surface area contributed by atoms with Gasteiger partial charge in [-0.1, -0.05) is 212 Å². The van der Waals surface area contributed by atoms with Crippen LogP contribution < -0.4 is 0 Å². The zero-order valence-corrected chi connectivity index (χ0v) is 46.4. The molecule has 0 radical (unpaired) electrons. The van der Waals surface area contributed by atoms with Gasteiger partial charge in [-0.15, -0.1) is 0 Å². The van der Waals surface area contributed by atoms with Crippen LogP contribution in [0.25, 0.3) is 160 Å². The fraction of sp³-hybridized carbons (Fsp3) is 0.0500. The fourth-order valence-electron chi connectivity index (χ4n) is 15.0. The van der Waals surface area contributed by atoms with Crippen LogP contribution in [0.4, 0.5) is 0 Å². The fourth-order valence-corrected chi connectivity index (χ4v) is 15.0. The predicted octanol–water partition coefficient (Wildman–Crippen LogP) is 21.0. The van der Waals surface area contributed by atoms with Gasteiger partial charge in [0, 0.05) is 36.4 Å². The van der Waals surface area contributed by atoms with Gasteiger partial charge in [-0.25, -0.2) is 9.97 Å². The third-order valence-corrected chi connectivity index (χ3v) is 18.8. The molecule has 392 valence electrons. The van der Waals surface area contributed by atoms with Crippen LogP contribution in [-0.2, 0) is 0 Å². The van der Waals surface area contributed by atoms with Crippen LogP contribution in [0, 0.1) is 13.8 Å². The third-order valence-electron chi connectivity index (χ3n) is 18.8. The number of aryl methyl sites for hydroxylation is 2. The van der Waals surface area contributed by atoms with E-state index in [1.165, 1.54) is 166 Å². The maximum Gasteiger partial charge on any atom is 0.137 e. The molecule has 0 fully saturated rings. The van der Waals surface area contributed by atoms with Crippen molar-refractivity contribution in [1.82, 2.24) is 18.8 Å². The van der Waals surface area contributed by atoms with Gasteiger partial charge in [0.2, 0.25) is 0 Å². The highest BCUT2D eigenvalue weighted by atomic mass is 15.0. The summed E-state index contributed by atoms with van der Waals surface area (Å²) in [6.07, 6.45) is 16.6. The second kappa shape index (κ2) is 17.9. The topological polar surface area (TPSA) is 34.6 Å². The van der Waals surface area contributed by atoms with E-state index in [0.717, 1.165) is 23.4 Å². The van der Waals surface area contributed by atoms with Crippen LogP contribution in [0.2, 0.25) is 0 Å². The first-order valence-electron chi connectivity index (χ1n) is 29.3. The Morgan fingerprint density at radius 1 is 0.381 bits per heavy atom. The van der Waals surface area contributed by atoms with Crippen molar-refractivity contribution in [1.29, 1.82) is 0 Å².